The number of carboxylic acids is 1. The Morgan fingerprint density at radius 2 is 1.73 bits per heavy atom. The van der Waals surface area contributed by atoms with Crippen molar-refractivity contribution in [2.24, 2.45) is 18.4 Å². The molecule has 1 amide bonds. The van der Waals surface area contributed by atoms with E-state index in [0.29, 0.717) is 29.0 Å². The van der Waals surface area contributed by atoms with E-state index in [1.54, 1.807) is 13.0 Å². The molecule has 1 aliphatic carbocycles. The van der Waals surface area contributed by atoms with Gasteiger partial charge in [0.2, 0.25) is 5.91 Å². The van der Waals surface area contributed by atoms with Crippen molar-refractivity contribution in [2.75, 3.05) is 13.2 Å². The van der Waals surface area contributed by atoms with Gasteiger partial charge in [-0.2, -0.15) is 27.9 Å². The second kappa shape index (κ2) is 19.3. The summed E-state index contributed by atoms with van der Waals surface area (Å²) in [4.78, 5) is 38.1. The Hall–Kier alpha value is -2.89. The first-order valence-corrected chi connectivity index (χ1v) is 16.0. The van der Waals surface area contributed by atoms with Gasteiger partial charge in [-0.3, -0.25) is 9.59 Å². The van der Waals surface area contributed by atoms with Gasteiger partial charge in [-0.15, -0.1) is 0 Å². The monoisotopic (exact) mass is 730 g/mol. The summed E-state index contributed by atoms with van der Waals surface area (Å²) in [5, 5.41) is 12.4. The van der Waals surface area contributed by atoms with Crippen LogP contribution in [0.2, 0.25) is 0 Å². The van der Waals surface area contributed by atoms with Crippen molar-refractivity contribution >= 4 is 11.9 Å². The molecule has 3 atom stereocenters. The molecule has 0 aliphatic heterocycles. The van der Waals surface area contributed by atoms with Gasteiger partial charge in [0.25, 0.3) is 17.7 Å². The average molecular weight is 731 g/mol. The van der Waals surface area contributed by atoms with Crippen molar-refractivity contribution in [2.45, 2.75) is 89.5 Å². The van der Waals surface area contributed by atoms with E-state index in [0.717, 1.165) is 33.2 Å². The summed E-state index contributed by atoms with van der Waals surface area (Å²) >= 11 is 0. The van der Waals surface area contributed by atoms with Crippen molar-refractivity contribution in [3.8, 4) is 0 Å². The number of nitrogens with one attached hydrogen (secondary N) is 1. The molecule has 1 aromatic carbocycles. The van der Waals surface area contributed by atoms with E-state index in [1.165, 1.54) is 18.2 Å². The third kappa shape index (κ3) is 13.9. The molecule has 1 aromatic heterocycles. The predicted octanol–water partition coefficient (Wildman–Crippen LogP) is 4.64. The Kier molecular flexibility index (Phi) is 17.4. The van der Waals surface area contributed by atoms with Crippen molar-refractivity contribution in [1.29, 1.82) is 0 Å². The summed E-state index contributed by atoms with van der Waals surface area (Å²) in [5.41, 5.74) is -4.41. The number of hydrogen-bond acceptors (Lipinski definition) is 4. The molecule has 51 heavy (non-hydrogen) atoms. The minimum atomic E-state index is -5.06. The van der Waals surface area contributed by atoms with Gasteiger partial charge in [0.1, 0.15) is 6.04 Å². The number of rotatable bonds is 12. The molecule has 3 rings (SSSR count). The number of pyridine rings is 1. The van der Waals surface area contributed by atoms with Gasteiger partial charge in [-0.1, -0.05) is 70.6 Å². The quantitative estimate of drug-likeness (QED) is 0.109. The maximum Gasteiger partial charge on any atom is 1.00 e. The van der Waals surface area contributed by atoms with Crippen LogP contribution in [0.25, 0.3) is 0 Å². The molecule has 0 radical (unpaired) electrons. The molecule has 0 saturated heterocycles. The molecule has 282 valence electrons. The van der Waals surface area contributed by atoms with Crippen LogP contribution in [-0.4, -0.2) is 47.0 Å². The number of nitrogens with zero attached hydrogens (tertiary/aromatic N) is 1. The Bertz CT molecular complexity index is 1510. The van der Waals surface area contributed by atoms with Gasteiger partial charge in [0.15, 0.2) is 0 Å². The molecule has 2 N–H and O–H groups in total. The zero-order chi connectivity index (χ0) is 38.1. The number of benzene rings is 1. The molecule has 1 aliphatic rings. The number of amides is 1. The maximum absolute atomic E-state index is 14.4. The van der Waals surface area contributed by atoms with Gasteiger partial charge in [0, 0.05) is 37.3 Å². The van der Waals surface area contributed by atoms with E-state index in [1.807, 2.05) is 0 Å². The van der Waals surface area contributed by atoms with Gasteiger partial charge >= 0.3 is 31.0 Å². The van der Waals surface area contributed by atoms with Crippen LogP contribution in [0, 0.1) is 31.6 Å². The van der Waals surface area contributed by atoms with Gasteiger partial charge < -0.3 is 33.6 Å². The molecule has 0 spiro atoms. The van der Waals surface area contributed by atoms with E-state index in [9.17, 15) is 54.6 Å². The molecule has 1 fully saturated rings. The van der Waals surface area contributed by atoms with Crippen LogP contribution in [0.15, 0.2) is 35.1 Å². The summed E-state index contributed by atoms with van der Waals surface area (Å²) in [6.07, 6.45) is -6.96. The minimum Gasteiger partial charge on any atom is -0.480 e. The largest absolute Gasteiger partial charge is 1.00 e. The van der Waals surface area contributed by atoms with Crippen molar-refractivity contribution in [3.05, 3.63) is 88.9 Å². The number of carboxylic acid groups (broad SMARTS) is 1. The Morgan fingerprint density at radius 3 is 2.27 bits per heavy atom. The molecular weight excluding hydrogens is 687 g/mol. The fourth-order valence-electron chi connectivity index (χ4n) is 5.58. The molecule has 1 saturated carbocycles. The van der Waals surface area contributed by atoms with E-state index in [2.05, 4.69) is 23.9 Å². The normalized spacial score (nSPS) is 18.8. The van der Waals surface area contributed by atoms with Gasteiger partial charge in [0.05, 0.1) is 11.3 Å². The van der Waals surface area contributed by atoms with Crippen LogP contribution < -0.4 is 29.7 Å². The third-order valence-corrected chi connectivity index (χ3v) is 8.64. The first kappa shape index (κ1) is 46.1. The molecule has 2 aromatic rings. The first-order valence-electron chi connectivity index (χ1n) is 16.0. The minimum absolute atomic E-state index is 0. The Labute approximate surface area is 304 Å². The molecule has 0 bridgehead atoms. The summed E-state index contributed by atoms with van der Waals surface area (Å²) in [7, 11) is 1.01. The summed E-state index contributed by atoms with van der Waals surface area (Å²) < 4.78 is 109. The van der Waals surface area contributed by atoms with Crippen LogP contribution in [0.1, 0.15) is 80.3 Å². The zero-order valence-corrected chi connectivity index (χ0v) is 29.2. The molecule has 16 heteroatoms. The number of ether oxygens (including phenoxy) is 1. The fraction of sp³-hybridized carbons (Fsp3) is 0.543. The van der Waals surface area contributed by atoms with E-state index < -0.39 is 77.5 Å². The second-order valence-electron chi connectivity index (χ2n) is 12.6. The molecule has 1 heterocycles. The number of halogens is 8. The van der Waals surface area contributed by atoms with E-state index >= 15 is 0 Å². The SMILES string of the molecule is [CH2-]C1CCCC(C)(C(=O)N[C@@H](Cc2cccc(Cc3c(C(F)(F)F)cc(C(F)(F)CC)n(C)c3=O)c2)C(=O)O)CC1.[CH2-]COC[CH-]C(F)(F)F.[Li+]. The Morgan fingerprint density at radius 1 is 1.10 bits per heavy atom. The molecular formula is C35H43F8LiN2O5-2. The van der Waals surface area contributed by atoms with Crippen LogP contribution in [0.3, 0.4) is 0 Å². The number of hydrogen-bond donors (Lipinski definition) is 2. The average Bonchev–Trinajstić information content (AvgIpc) is 3.19. The summed E-state index contributed by atoms with van der Waals surface area (Å²) in [6.45, 7) is 9.83. The number of aromatic nitrogens is 1. The third-order valence-electron chi connectivity index (χ3n) is 8.64. The van der Waals surface area contributed by atoms with Crippen molar-refractivity contribution < 1.29 is 73.4 Å². The van der Waals surface area contributed by atoms with Crippen LogP contribution in [-0.2, 0) is 46.3 Å². The standard InChI is InChI=1S/C30H36F5N2O4.C5H7F3O.Li/c1-5-29(31,32)24-17-22(30(33,34)35)21(25(38)37(24)4)15-19-9-6-10-20(14-19)16-23(26(39)40)36-27(41)28(3)12-7-8-18(2)11-13-28;1-2-9-4-3-5(6,7)8;/h6,9-10,14,17-18,23H,2,5,7-8,11-13,15-16H2,1,3-4H3,(H,36,41)(H,39,40);3H,1-2,4H2;/q-1;-2;+1/t18?,23-,28?;;/m0../s1. The smallest absolute Gasteiger partial charge is 0.480 e. The molecule has 2 unspecified atom stereocenters. The van der Waals surface area contributed by atoms with Crippen molar-refractivity contribution in [3.63, 3.8) is 0 Å². The topological polar surface area (TPSA) is 97.6 Å². The second-order valence-corrected chi connectivity index (χ2v) is 12.6. The van der Waals surface area contributed by atoms with Crippen LogP contribution in [0.4, 0.5) is 35.1 Å². The number of aliphatic carboxylic acids is 1. The van der Waals surface area contributed by atoms with Gasteiger partial charge in [-0.05, 0) is 30.0 Å². The van der Waals surface area contributed by atoms with E-state index in [-0.39, 0.29) is 55.7 Å². The van der Waals surface area contributed by atoms with Gasteiger partial charge in [-0.25, -0.2) is 24.4 Å². The number of carbonyl (C=O) groups is 2. The summed E-state index contributed by atoms with van der Waals surface area (Å²) in [5.74, 6) is -5.04. The van der Waals surface area contributed by atoms with Crippen LogP contribution >= 0.6 is 0 Å². The molecule has 7 nitrogen and oxygen atoms in total. The zero-order valence-electron chi connectivity index (χ0n) is 29.2. The summed E-state index contributed by atoms with van der Waals surface area (Å²) in [6, 6.07) is 5.03. The van der Waals surface area contributed by atoms with Crippen molar-refractivity contribution in [1.82, 2.24) is 9.88 Å². The number of carbonyl (C=O) groups excluding carboxylic acids is 1. The van der Waals surface area contributed by atoms with Crippen LogP contribution in [0.5, 0.6) is 0 Å². The fourth-order valence-corrected chi connectivity index (χ4v) is 5.58. The Balaban J connectivity index is 0.00000115. The van der Waals surface area contributed by atoms with E-state index in [4.69, 9.17) is 0 Å². The maximum atomic E-state index is 14.4. The predicted molar refractivity (Wildman–Crippen MR) is 170 cm³/mol. The first-order chi connectivity index (χ1) is 23.0. The number of alkyl halides is 8.